The van der Waals surface area contributed by atoms with Crippen molar-refractivity contribution in [3.63, 3.8) is 0 Å². The summed E-state index contributed by atoms with van der Waals surface area (Å²) in [6, 6.07) is 24.9. The zero-order valence-corrected chi connectivity index (χ0v) is 20.7. The number of fused-ring (bicyclic) bond motifs is 3. The SMILES string of the molecule is CCCCCCCOc1ccc([C@H]2Oc3ccccc3[C@@H]3CC(c4ccc(OC)cc4)=NN23)cc1. The lowest BCUT2D eigenvalue weighted by Crippen LogP contribution is -2.33. The van der Waals surface area contributed by atoms with Crippen LogP contribution in [-0.2, 0) is 0 Å². The van der Waals surface area contributed by atoms with Crippen molar-refractivity contribution in [2.45, 2.75) is 57.7 Å². The number of methoxy groups -OCH3 is 1. The Morgan fingerprint density at radius 2 is 1.63 bits per heavy atom. The molecule has 0 N–H and O–H groups in total. The summed E-state index contributed by atoms with van der Waals surface area (Å²) in [7, 11) is 1.69. The number of hydrogen-bond acceptors (Lipinski definition) is 5. The molecule has 0 saturated carbocycles. The van der Waals surface area contributed by atoms with E-state index in [0.29, 0.717) is 0 Å². The molecule has 35 heavy (non-hydrogen) atoms. The molecule has 2 heterocycles. The van der Waals surface area contributed by atoms with Crippen molar-refractivity contribution < 1.29 is 14.2 Å². The Balaban J connectivity index is 1.34. The van der Waals surface area contributed by atoms with Crippen LogP contribution in [0.4, 0.5) is 0 Å². The predicted octanol–water partition coefficient (Wildman–Crippen LogP) is 7.29. The molecular weight excluding hydrogens is 436 g/mol. The minimum atomic E-state index is -0.284. The smallest absolute Gasteiger partial charge is 0.213 e. The summed E-state index contributed by atoms with van der Waals surface area (Å²) >= 11 is 0. The first-order chi connectivity index (χ1) is 17.3. The average Bonchev–Trinajstić information content (AvgIpc) is 3.36. The fourth-order valence-electron chi connectivity index (χ4n) is 4.84. The van der Waals surface area contributed by atoms with Gasteiger partial charge in [-0.15, -0.1) is 0 Å². The molecule has 0 fully saturated rings. The van der Waals surface area contributed by atoms with E-state index >= 15 is 0 Å². The van der Waals surface area contributed by atoms with E-state index < -0.39 is 0 Å². The summed E-state index contributed by atoms with van der Waals surface area (Å²) in [6.45, 7) is 3.00. The summed E-state index contributed by atoms with van der Waals surface area (Å²) in [4.78, 5) is 0. The van der Waals surface area contributed by atoms with Gasteiger partial charge in [0, 0.05) is 17.5 Å². The lowest BCUT2D eigenvalue weighted by molar-refractivity contribution is -0.0190. The first-order valence-electron chi connectivity index (χ1n) is 12.8. The molecule has 3 aromatic rings. The van der Waals surface area contributed by atoms with Crippen LogP contribution < -0.4 is 14.2 Å². The van der Waals surface area contributed by atoms with Crippen molar-refractivity contribution >= 4 is 5.71 Å². The quantitative estimate of drug-likeness (QED) is 0.292. The zero-order valence-electron chi connectivity index (χ0n) is 20.7. The Morgan fingerprint density at radius 1 is 0.886 bits per heavy atom. The second kappa shape index (κ2) is 10.9. The minimum absolute atomic E-state index is 0.140. The van der Waals surface area contributed by atoms with Gasteiger partial charge in [0.15, 0.2) is 0 Å². The Labute approximate surface area is 208 Å². The highest BCUT2D eigenvalue weighted by atomic mass is 16.5. The van der Waals surface area contributed by atoms with Crippen molar-refractivity contribution in [2.24, 2.45) is 5.10 Å². The van der Waals surface area contributed by atoms with Crippen molar-refractivity contribution in [3.8, 4) is 17.2 Å². The number of benzene rings is 3. The summed E-state index contributed by atoms with van der Waals surface area (Å²) in [5.41, 5.74) is 4.42. The van der Waals surface area contributed by atoms with Crippen LogP contribution in [0, 0.1) is 0 Å². The lowest BCUT2D eigenvalue weighted by Gasteiger charge is -2.38. The van der Waals surface area contributed by atoms with Crippen LogP contribution in [0.25, 0.3) is 0 Å². The monoisotopic (exact) mass is 470 g/mol. The largest absolute Gasteiger partial charge is 0.497 e. The fraction of sp³-hybridized carbons (Fsp3) is 0.367. The van der Waals surface area contributed by atoms with Gasteiger partial charge in [0.2, 0.25) is 6.23 Å². The van der Waals surface area contributed by atoms with Crippen molar-refractivity contribution in [1.82, 2.24) is 5.01 Å². The van der Waals surface area contributed by atoms with E-state index in [1.165, 1.54) is 31.2 Å². The molecule has 182 valence electrons. The summed E-state index contributed by atoms with van der Waals surface area (Å²) in [6.07, 6.45) is 6.74. The number of hydrazone groups is 1. The highest BCUT2D eigenvalue weighted by Crippen LogP contribution is 2.47. The number of hydrogen-bond donors (Lipinski definition) is 0. The van der Waals surface area contributed by atoms with Gasteiger partial charge in [-0.25, -0.2) is 5.01 Å². The standard InChI is InChI=1S/C30H34N2O3/c1-3-4-5-6-9-20-34-25-18-14-23(15-19-25)30-32-28(26-10-7-8-11-29(26)35-30)21-27(31-32)22-12-16-24(33-2)17-13-22/h7-8,10-19,28,30H,3-6,9,20-21H2,1-2H3/t28-,30+/m0/s1. The minimum Gasteiger partial charge on any atom is -0.497 e. The second-order valence-corrected chi connectivity index (χ2v) is 9.21. The Bertz CT molecular complexity index is 1140. The van der Waals surface area contributed by atoms with Crippen LogP contribution in [-0.4, -0.2) is 24.4 Å². The van der Waals surface area contributed by atoms with Gasteiger partial charge in [-0.1, -0.05) is 50.8 Å². The van der Waals surface area contributed by atoms with Crippen LogP contribution in [0.5, 0.6) is 17.2 Å². The highest BCUT2D eigenvalue weighted by molar-refractivity contribution is 6.02. The van der Waals surface area contributed by atoms with E-state index in [2.05, 4.69) is 54.4 Å². The van der Waals surface area contributed by atoms with Gasteiger partial charge < -0.3 is 14.2 Å². The predicted molar refractivity (Wildman–Crippen MR) is 139 cm³/mol. The highest BCUT2D eigenvalue weighted by Gasteiger charge is 2.40. The molecule has 0 amide bonds. The van der Waals surface area contributed by atoms with Crippen molar-refractivity contribution in [2.75, 3.05) is 13.7 Å². The van der Waals surface area contributed by atoms with Crippen LogP contribution >= 0.6 is 0 Å². The van der Waals surface area contributed by atoms with E-state index in [0.717, 1.165) is 53.5 Å². The third-order valence-corrected chi connectivity index (χ3v) is 6.80. The third-order valence-electron chi connectivity index (χ3n) is 6.80. The van der Waals surface area contributed by atoms with Gasteiger partial charge in [-0.05, 0) is 66.6 Å². The molecule has 5 heteroatoms. The van der Waals surface area contributed by atoms with Gasteiger partial charge >= 0.3 is 0 Å². The lowest BCUT2D eigenvalue weighted by atomic mass is 9.96. The molecule has 0 aromatic heterocycles. The molecule has 0 bridgehead atoms. The molecule has 0 spiro atoms. The maximum absolute atomic E-state index is 6.49. The van der Waals surface area contributed by atoms with Crippen LogP contribution in [0.2, 0.25) is 0 Å². The molecule has 3 aromatic carbocycles. The zero-order chi connectivity index (χ0) is 24.0. The Kier molecular flexibility index (Phi) is 7.22. The van der Waals surface area contributed by atoms with Crippen LogP contribution in [0.3, 0.4) is 0 Å². The summed E-state index contributed by atoms with van der Waals surface area (Å²) in [5.74, 6) is 2.68. The molecule has 0 unspecified atom stereocenters. The summed E-state index contributed by atoms with van der Waals surface area (Å²) in [5, 5.41) is 7.17. The fourth-order valence-corrected chi connectivity index (χ4v) is 4.84. The number of nitrogens with zero attached hydrogens (tertiary/aromatic N) is 2. The molecule has 0 aliphatic carbocycles. The maximum Gasteiger partial charge on any atom is 0.213 e. The number of ether oxygens (including phenoxy) is 3. The third kappa shape index (κ3) is 5.14. The van der Waals surface area contributed by atoms with Gasteiger partial charge in [0.25, 0.3) is 0 Å². The first kappa shape index (κ1) is 23.3. The van der Waals surface area contributed by atoms with Gasteiger partial charge in [0.1, 0.15) is 17.2 Å². The molecule has 2 aliphatic heterocycles. The number of para-hydroxylation sites is 1. The molecule has 0 saturated heterocycles. The van der Waals surface area contributed by atoms with Crippen molar-refractivity contribution in [1.29, 1.82) is 0 Å². The maximum atomic E-state index is 6.49. The first-order valence-corrected chi connectivity index (χ1v) is 12.8. The number of unbranched alkanes of at least 4 members (excludes halogenated alkanes) is 4. The normalized spacial score (nSPS) is 18.3. The Morgan fingerprint density at radius 3 is 2.40 bits per heavy atom. The topological polar surface area (TPSA) is 43.3 Å². The van der Waals surface area contributed by atoms with Gasteiger partial charge in [-0.2, -0.15) is 5.10 Å². The van der Waals surface area contributed by atoms with E-state index in [1.807, 2.05) is 30.3 Å². The molecule has 2 aliphatic rings. The van der Waals surface area contributed by atoms with E-state index in [9.17, 15) is 0 Å². The van der Waals surface area contributed by atoms with Crippen molar-refractivity contribution in [3.05, 3.63) is 89.5 Å². The molecule has 0 radical (unpaired) electrons. The summed E-state index contributed by atoms with van der Waals surface area (Å²) < 4.78 is 17.8. The molecule has 5 nitrogen and oxygen atoms in total. The van der Waals surface area contributed by atoms with Crippen LogP contribution in [0.15, 0.2) is 77.9 Å². The molecular formula is C30H34N2O3. The number of rotatable bonds is 10. The molecule has 5 rings (SSSR count). The van der Waals surface area contributed by atoms with E-state index in [1.54, 1.807) is 7.11 Å². The average molecular weight is 471 g/mol. The molecule has 2 atom stereocenters. The van der Waals surface area contributed by atoms with Gasteiger partial charge in [0.05, 0.1) is 25.5 Å². The Hall–Kier alpha value is -3.47. The second-order valence-electron chi connectivity index (χ2n) is 9.21. The van der Waals surface area contributed by atoms with Gasteiger partial charge in [-0.3, -0.25) is 0 Å². The van der Waals surface area contributed by atoms with Crippen LogP contribution in [0.1, 0.15) is 74.4 Å². The van der Waals surface area contributed by atoms with E-state index in [4.69, 9.17) is 19.3 Å². The van der Waals surface area contributed by atoms with E-state index in [-0.39, 0.29) is 12.3 Å².